The van der Waals surface area contributed by atoms with Crippen molar-refractivity contribution in [1.82, 2.24) is 5.43 Å². The number of carbonyl (C=O) groups excluding carboxylic acids is 1. The maximum atomic E-state index is 11.5. The molecule has 0 aromatic heterocycles. The van der Waals surface area contributed by atoms with E-state index in [1.807, 2.05) is 24.3 Å². The van der Waals surface area contributed by atoms with E-state index in [2.05, 4.69) is 26.9 Å². The van der Waals surface area contributed by atoms with E-state index in [0.29, 0.717) is 28.6 Å². The van der Waals surface area contributed by atoms with E-state index in [4.69, 9.17) is 5.26 Å². The molecule has 0 spiro atoms. The molecule has 0 fully saturated rings. The molecule has 0 atom stereocenters. The number of aliphatic imine (C=N–C) groups is 1. The number of thioether (sulfide) groups is 1. The number of nitriles is 1. The van der Waals surface area contributed by atoms with E-state index in [1.165, 1.54) is 0 Å². The standard InChI is InChI=1S/C18H13N5OS/c19-9-11-2-1-3-14(6-11)20-18-23-22-16(10-25-18)12-4-5-13-8-17(24)21-15(13)7-12/h1-7H,8,10H2,(H,20,23)(H,21,24). The van der Waals surface area contributed by atoms with E-state index in [9.17, 15) is 4.79 Å². The zero-order chi connectivity index (χ0) is 17.2. The highest BCUT2D eigenvalue weighted by Crippen LogP contribution is 2.26. The number of fused-ring (bicyclic) bond motifs is 1. The average molecular weight is 347 g/mol. The first-order valence-corrected chi connectivity index (χ1v) is 8.67. The van der Waals surface area contributed by atoms with Crippen LogP contribution in [0.4, 0.5) is 11.4 Å². The van der Waals surface area contributed by atoms with Gasteiger partial charge in [0.05, 0.1) is 29.5 Å². The third kappa shape index (κ3) is 3.25. The summed E-state index contributed by atoms with van der Waals surface area (Å²) < 4.78 is 0. The Morgan fingerprint density at radius 1 is 1.24 bits per heavy atom. The lowest BCUT2D eigenvalue weighted by Crippen LogP contribution is -2.25. The van der Waals surface area contributed by atoms with Crippen molar-refractivity contribution in [3.63, 3.8) is 0 Å². The number of carbonyl (C=O) groups is 1. The number of hydrogen-bond acceptors (Lipinski definition) is 5. The van der Waals surface area contributed by atoms with Crippen LogP contribution in [-0.2, 0) is 11.2 Å². The molecule has 2 aromatic carbocycles. The molecule has 2 aliphatic heterocycles. The number of hydrogen-bond donors (Lipinski definition) is 2. The monoisotopic (exact) mass is 347 g/mol. The van der Waals surface area contributed by atoms with E-state index in [1.54, 1.807) is 30.0 Å². The highest BCUT2D eigenvalue weighted by molar-refractivity contribution is 8.14. The van der Waals surface area contributed by atoms with Gasteiger partial charge in [0, 0.05) is 17.0 Å². The Hall–Kier alpha value is -3.11. The topological polar surface area (TPSA) is 89.6 Å². The summed E-state index contributed by atoms with van der Waals surface area (Å²) in [6.07, 6.45) is 0.438. The molecule has 0 saturated heterocycles. The van der Waals surface area contributed by atoms with Gasteiger partial charge in [-0.1, -0.05) is 30.0 Å². The van der Waals surface area contributed by atoms with E-state index < -0.39 is 0 Å². The van der Waals surface area contributed by atoms with Gasteiger partial charge in [-0.05, 0) is 29.8 Å². The zero-order valence-electron chi connectivity index (χ0n) is 13.1. The number of nitrogens with one attached hydrogen (secondary N) is 2. The third-order valence-electron chi connectivity index (χ3n) is 3.91. The van der Waals surface area contributed by atoms with Crippen molar-refractivity contribution in [3.05, 3.63) is 59.2 Å². The molecule has 2 heterocycles. The second-order valence-corrected chi connectivity index (χ2v) is 6.60. The number of amides is 1. The van der Waals surface area contributed by atoms with Crippen molar-refractivity contribution < 1.29 is 4.79 Å². The van der Waals surface area contributed by atoms with Crippen LogP contribution in [0.1, 0.15) is 16.7 Å². The Labute approximate surface area is 148 Å². The minimum absolute atomic E-state index is 0.0271. The predicted molar refractivity (Wildman–Crippen MR) is 99.2 cm³/mol. The quantitative estimate of drug-likeness (QED) is 0.874. The Morgan fingerprint density at radius 2 is 2.16 bits per heavy atom. The molecular weight excluding hydrogens is 334 g/mol. The minimum atomic E-state index is 0.0271. The van der Waals surface area contributed by atoms with E-state index in [0.717, 1.165) is 22.5 Å². The summed E-state index contributed by atoms with van der Waals surface area (Å²) in [5.74, 6) is 0.704. The summed E-state index contributed by atoms with van der Waals surface area (Å²) in [6.45, 7) is 0. The molecular formula is C18H13N5OS. The van der Waals surface area contributed by atoms with Gasteiger partial charge >= 0.3 is 0 Å². The second-order valence-electron chi connectivity index (χ2n) is 5.63. The lowest BCUT2D eigenvalue weighted by molar-refractivity contribution is -0.115. The smallest absolute Gasteiger partial charge is 0.228 e. The van der Waals surface area contributed by atoms with Gasteiger partial charge in [-0.3, -0.25) is 10.2 Å². The maximum absolute atomic E-state index is 11.5. The molecule has 0 saturated carbocycles. The minimum Gasteiger partial charge on any atom is -0.326 e. The largest absolute Gasteiger partial charge is 0.326 e. The Morgan fingerprint density at radius 3 is 2.96 bits per heavy atom. The van der Waals surface area contributed by atoms with Gasteiger partial charge in [-0.2, -0.15) is 10.4 Å². The Kier molecular flexibility index (Phi) is 3.96. The lowest BCUT2D eigenvalue weighted by Gasteiger charge is -2.15. The fourth-order valence-electron chi connectivity index (χ4n) is 2.68. The van der Waals surface area contributed by atoms with Crippen molar-refractivity contribution in [2.75, 3.05) is 11.1 Å². The average Bonchev–Trinajstić information content (AvgIpc) is 3.01. The van der Waals surface area contributed by atoms with Gasteiger partial charge in [0.1, 0.15) is 0 Å². The number of hydrazone groups is 1. The van der Waals surface area contributed by atoms with Gasteiger partial charge in [-0.15, -0.1) is 0 Å². The SMILES string of the molecule is N#Cc1cccc(N=C2NN=C(c3ccc4c(c3)NC(=O)C4)CS2)c1. The second kappa shape index (κ2) is 6.42. The summed E-state index contributed by atoms with van der Waals surface area (Å²) in [6, 6.07) is 15.1. The van der Waals surface area contributed by atoms with E-state index >= 15 is 0 Å². The van der Waals surface area contributed by atoms with Crippen LogP contribution in [0.15, 0.2) is 52.6 Å². The summed E-state index contributed by atoms with van der Waals surface area (Å²) in [7, 11) is 0. The highest BCUT2D eigenvalue weighted by atomic mass is 32.2. The van der Waals surface area contributed by atoms with Crippen LogP contribution in [0.25, 0.3) is 0 Å². The van der Waals surface area contributed by atoms with Crippen LogP contribution in [0.3, 0.4) is 0 Å². The predicted octanol–water partition coefficient (Wildman–Crippen LogP) is 2.78. The molecule has 2 aromatic rings. The molecule has 122 valence electrons. The summed E-state index contributed by atoms with van der Waals surface area (Å²) >= 11 is 1.55. The summed E-state index contributed by atoms with van der Waals surface area (Å²) in [5.41, 5.74) is 8.01. The molecule has 25 heavy (non-hydrogen) atoms. The molecule has 1 amide bonds. The van der Waals surface area contributed by atoms with Gasteiger partial charge in [0.2, 0.25) is 5.91 Å². The fourth-order valence-corrected chi connectivity index (χ4v) is 3.46. The van der Waals surface area contributed by atoms with Crippen LogP contribution < -0.4 is 10.7 Å². The van der Waals surface area contributed by atoms with Crippen LogP contribution >= 0.6 is 11.8 Å². The normalized spacial score (nSPS) is 17.3. The number of benzene rings is 2. The Bertz CT molecular complexity index is 974. The molecule has 6 nitrogen and oxygen atoms in total. The fraction of sp³-hybridized carbons (Fsp3) is 0.111. The first-order valence-electron chi connectivity index (χ1n) is 7.69. The zero-order valence-corrected chi connectivity index (χ0v) is 13.9. The first kappa shape index (κ1) is 15.4. The van der Waals surface area contributed by atoms with Gasteiger partial charge < -0.3 is 5.32 Å². The maximum Gasteiger partial charge on any atom is 0.228 e. The first-order chi connectivity index (χ1) is 12.2. The highest BCUT2D eigenvalue weighted by Gasteiger charge is 2.20. The van der Waals surface area contributed by atoms with Crippen LogP contribution in [-0.4, -0.2) is 22.5 Å². The number of amidine groups is 1. The third-order valence-corrected chi connectivity index (χ3v) is 4.78. The van der Waals surface area contributed by atoms with Gasteiger partial charge in [0.25, 0.3) is 0 Å². The van der Waals surface area contributed by atoms with Crippen molar-refractivity contribution in [2.24, 2.45) is 10.1 Å². The molecule has 0 bridgehead atoms. The molecule has 2 N–H and O–H groups in total. The van der Waals surface area contributed by atoms with Crippen LogP contribution in [0, 0.1) is 11.3 Å². The van der Waals surface area contributed by atoms with Crippen LogP contribution in [0.2, 0.25) is 0 Å². The Balaban J connectivity index is 1.53. The summed E-state index contributed by atoms with van der Waals surface area (Å²) in [4.78, 5) is 15.9. The van der Waals surface area contributed by atoms with Crippen molar-refractivity contribution in [2.45, 2.75) is 6.42 Å². The van der Waals surface area contributed by atoms with E-state index in [-0.39, 0.29) is 5.91 Å². The van der Waals surface area contributed by atoms with Crippen molar-refractivity contribution in [3.8, 4) is 6.07 Å². The molecule has 0 unspecified atom stereocenters. The molecule has 0 radical (unpaired) electrons. The van der Waals surface area contributed by atoms with Crippen LogP contribution in [0.5, 0.6) is 0 Å². The number of rotatable bonds is 2. The lowest BCUT2D eigenvalue weighted by atomic mass is 10.1. The molecule has 2 aliphatic rings. The molecule has 4 rings (SSSR count). The van der Waals surface area contributed by atoms with Gasteiger partial charge in [0.15, 0.2) is 5.17 Å². The number of anilines is 1. The summed E-state index contributed by atoms with van der Waals surface area (Å²) in [5, 5.41) is 16.9. The molecule has 7 heteroatoms. The molecule has 0 aliphatic carbocycles. The van der Waals surface area contributed by atoms with Gasteiger partial charge in [-0.25, -0.2) is 4.99 Å². The number of nitrogens with zero attached hydrogens (tertiary/aromatic N) is 3. The van der Waals surface area contributed by atoms with Crippen molar-refractivity contribution in [1.29, 1.82) is 5.26 Å². The van der Waals surface area contributed by atoms with Crippen molar-refractivity contribution >= 4 is 39.9 Å².